The molecule has 0 aliphatic carbocycles. The summed E-state index contributed by atoms with van der Waals surface area (Å²) in [5.41, 5.74) is 0. The molecule has 0 saturated carbocycles. The first-order valence-electron chi connectivity index (χ1n) is 5.04. The van der Waals surface area contributed by atoms with Gasteiger partial charge < -0.3 is 5.32 Å². The van der Waals surface area contributed by atoms with Crippen molar-refractivity contribution in [2.75, 3.05) is 18.4 Å². The molecule has 0 fully saturated rings. The number of anilines is 1. The van der Waals surface area contributed by atoms with E-state index in [1.54, 1.807) is 6.92 Å². The quantitative estimate of drug-likeness (QED) is 0.826. The van der Waals surface area contributed by atoms with Crippen molar-refractivity contribution in [1.82, 2.24) is 9.71 Å². The Labute approximate surface area is 112 Å². The highest BCUT2D eigenvalue weighted by Gasteiger charge is 2.21. The lowest BCUT2D eigenvalue weighted by molar-refractivity contribution is 0.153. The maximum absolute atomic E-state index is 12.0. The van der Waals surface area contributed by atoms with Gasteiger partial charge in [0.05, 0.1) is 6.54 Å². The highest BCUT2D eigenvalue weighted by molar-refractivity contribution is 9.10. The molecule has 0 amide bonds. The second kappa shape index (κ2) is 6.39. The summed E-state index contributed by atoms with van der Waals surface area (Å²) in [6.45, 7) is 1.30. The van der Waals surface area contributed by atoms with Crippen molar-refractivity contribution in [3.8, 4) is 0 Å². The number of hydrogen-bond donors (Lipinski definition) is 2. The molecule has 0 bridgehead atoms. The summed E-state index contributed by atoms with van der Waals surface area (Å²) < 4.78 is 50.0. The molecule has 0 aliphatic rings. The van der Waals surface area contributed by atoms with Gasteiger partial charge in [0.1, 0.15) is 10.7 Å². The zero-order valence-electron chi connectivity index (χ0n) is 9.45. The van der Waals surface area contributed by atoms with Crippen LogP contribution in [0.15, 0.2) is 21.6 Å². The van der Waals surface area contributed by atoms with Crippen LogP contribution in [-0.4, -0.2) is 32.9 Å². The van der Waals surface area contributed by atoms with Crippen LogP contribution in [0.2, 0.25) is 0 Å². The van der Waals surface area contributed by atoms with E-state index in [4.69, 9.17) is 0 Å². The van der Waals surface area contributed by atoms with Gasteiger partial charge in [-0.2, -0.15) is 0 Å². The maximum Gasteiger partial charge on any atom is 0.251 e. The van der Waals surface area contributed by atoms with Gasteiger partial charge in [-0.05, 0) is 28.9 Å². The molecular formula is C9H12BrF2N3O2S. The Kier molecular flexibility index (Phi) is 5.42. The van der Waals surface area contributed by atoms with Gasteiger partial charge in [0.15, 0.2) is 0 Å². The summed E-state index contributed by atoms with van der Waals surface area (Å²) >= 11 is 3.09. The average molecular weight is 344 g/mol. The van der Waals surface area contributed by atoms with Gasteiger partial charge in [0.2, 0.25) is 10.0 Å². The Balaban J connectivity index is 3.09. The lowest BCUT2D eigenvalue weighted by atomic mass is 10.4. The molecule has 102 valence electrons. The van der Waals surface area contributed by atoms with E-state index in [2.05, 4.69) is 26.2 Å². The molecule has 1 aromatic rings. The van der Waals surface area contributed by atoms with Gasteiger partial charge in [0.25, 0.3) is 6.43 Å². The monoisotopic (exact) mass is 343 g/mol. The van der Waals surface area contributed by atoms with Gasteiger partial charge in [0, 0.05) is 17.2 Å². The summed E-state index contributed by atoms with van der Waals surface area (Å²) in [4.78, 5) is 3.73. The van der Waals surface area contributed by atoms with E-state index < -0.39 is 23.0 Å². The van der Waals surface area contributed by atoms with E-state index in [1.807, 2.05) is 4.72 Å². The number of rotatable bonds is 6. The lowest BCUT2D eigenvalue weighted by Crippen LogP contribution is -2.29. The molecule has 1 heterocycles. The van der Waals surface area contributed by atoms with Crippen LogP contribution in [0.4, 0.5) is 14.6 Å². The van der Waals surface area contributed by atoms with Crippen LogP contribution in [-0.2, 0) is 10.0 Å². The molecule has 18 heavy (non-hydrogen) atoms. The third-order valence-electron chi connectivity index (χ3n) is 1.88. The Bertz CT molecular complexity index is 511. The summed E-state index contributed by atoms with van der Waals surface area (Å²) in [5, 5.41) is 2.76. The molecule has 0 saturated heterocycles. The Morgan fingerprint density at radius 2 is 2.17 bits per heavy atom. The van der Waals surface area contributed by atoms with Crippen LogP contribution in [0.1, 0.15) is 6.92 Å². The van der Waals surface area contributed by atoms with Crippen molar-refractivity contribution in [1.29, 1.82) is 0 Å². The highest BCUT2D eigenvalue weighted by Crippen LogP contribution is 2.22. The van der Waals surface area contributed by atoms with Crippen molar-refractivity contribution in [3.05, 3.63) is 16.7 Å². The van der Waals surface area contributed by atoms with Gasteiger partial charge in [-0.25, -0.2) is 26.9 Å². The van der Waals surface area contributed by atoms with E-state index in [1.165, 1.54) is 12.3 Å². The number of hydrogen-bond acceptors (Lipinski definition) is 4. The van der Waals surface area contributed by atoms with Crippen LogP contribution < -0.4 is 10.0 Å². The fourth-order valence-corrected chi connectivity index (χ4v) is 2.82. The van der Waals surface area contributed by atoms with Crippen LogP contribution in [0.5, 0.6) is 0 Å². The fraction of sp³-hybridized carbons (Fsp3) is 0.444. The number of nitrogens with zero attached hydrogens (tertiary/aromatic N) is 1. The molecule has 0 spiro atoms. The zero-order chi connectivity index (χ0) is 13.8. The Morgan fingerprint density at radius 3 is 2.72 bits per heavy atom. The van der Waals surface area contributed by atoms with Gasteiger partial charge in [-0.3, -0.25) is 0 Å². The minimum absolute atomic E-state index is 0.127. The van der Waals surface area contributed by atoms with Gasteiger partial charge in [-0.1, -0.05) is 0 Å². The van der Waals surface area contributed by atoms with Crippen molar-refractivity contribution in [2.24, 2.45) is 0 Å². The first kappa shape index (κ1) is 15.3. The third-order valence-corrected chi connectivity index (χ3v) is 3.75. The number of aromatic nitrogens is 1. The van der Waals surface area contributed by atoms with Crippen molar-refractivity contribution in [2.45, 2.75) is 18.2 Å². The number of alkyl halides is 2. The second-order valence-corrected chi connectivity index (χ2v) is 5.92. The third kappa shape index (κ3) is 4.14. The molecule has 0 atom stereocenters. The van der Waals surface area contributed by atoms with E-state index >= 15 is 0 Å². The predicted molar refractivity (Wildman–Crippen MR) is 67.3 cm³/mol. The SMILES string of the molecule is CCNc1ncc(Br)cc1S(=O)(=O)NCC(F)F. The largest absolute Gasteiger partial charge is 0.369 e. The Morgan fingerprint density at radius 1 is 1.50 bits per heavy atom. The number of pyridine rings is 1. The van der Waals surface area contributed by atoms with E-state index in [0.29, 0.717) is 11.0 Å². The molecule has 1 aromatic heterocycles. The van der Waals surface area contributed by atoms with Crippen molar-refractivity contribution >= 4 is 31.8 Å². The van der Waals surface area contributed by atoms with Crippen LogP contribution >= 0.6 is 15.9 Å². The van der Waals surface area contributed by atoms with E-state index in [9.17, 15) is 17.2 Å². The summed E-state index contributed by atoms with van der Waals surface area (Å²) in [5.74, 6) is 0.127. The molecule has 0 unspecified atom stereocenters. The molecule has 9 heteroatoms. The molecule has 2 N–H and O–H groups in total. The van der Waals surface area contributed by atoms with Gasteiger partial charge in [-0.15, -0.1) is 0 Å². The second-order valence-electron chi connectivity index (χ2n) is 3.27. The topological polar surface area (TPSA) is 71.1 Å². The molecule has 1 rings (SSSR count). The van der Waals surface area contributed by atoms with Crippen LogP contribution in [0.3, 0.4) is 0 Å². The van der Waals surface area contributed by atoms with Crippen molar-refractivity contribution in [3.63, 3.8) is 0 Å². The first-order chi connectivity index (χ1) is 8.36. The van der Waals surface area contributed by atoms with Crippen LogP contribution in [0, 0.1) is 0 Å². The minimum Gasteiger partial charge on any atom is -0.369 e. The first-order valence-corrected chi connectivity index (χ1v) is 7.31. The van der Waals surface area contributed by atoms with Crippen LogP contribution in [0.25, 0.3) is 0 Å². The molecule has 0 aromatic carbocycles. The zero-order valence-corrected chi connectivity index (χ0v) is 11.9. The standard InChI is InChI=1S/C9H12BrF2N3O2S/c1-2-13-9-7(3-6(10)4-14-9)18(16,17)15-5-8(11)12/h3-4,8,15H,2,5H2,1H3,(H,13,14). The highest BCUT2D eigenvalue weighted by atomic mass is 79.9. The van der Waals surface area contributed by atoms with Crippen molar-refractivity contribution < 1.29 is 17.2 Å². The smallest absolute Gasteiger partial charge is 0.251 e. The molecule has 5 nitrogen and oxygen atoms in total. The lowest BCUT2D eigenvalue weighted by Gasteiger charge is -2.11. The normalized spacial score (nSPS) is 11.8. The molecule has 0 aliphatic heterocycles. The predicted octanol–water partition coefficient (Wildman–Crippen LogP) is 1.82. The summed E-state index contributed by atoms with van der Waals surface area (Å²) in [7, 11) is -4.02. The number of halogens is 3. The number of sulfonamides is 1. The van der Waals surface area contributed by atoms with Gasteiger partial charge >= 0.3 is 0 Å². The average Bonchev–Trinajstić information content (AvgIpc) is 2.29. The summed E-state index contributed by atoms with van der Waals surface area (Å²) in [6, 6.07) is 1.30. The molecule has 0 radical (unpaired) electrons. The number of nitrogens with one attached hydrogen (secondary N) is 2. The fourth-order valence-electron chi connectivity index (χ4n) is 1.18. The van der Waals surface area contributed by atoms with E-state index in [0.717, 1.165) is 0 Å². The molecular weight excluding hydrogens is 332 g/mol. The van der Waals surface area contributed by atoms with E-state index in [-0.39, 0.29) is 10.7 Å². The minimum atomic E-state index is -4.02. The summed E-state index contributed by atoms with van der Waals surface area (Å²) in [6.07, 6.45) is -1.33. The Hall–Kier alpha value is -0.800. The maximum atomic E-state index is 12.0.